The molecule has 1 aromatic rings. The Morgan fingerprint density at radius 1 is 1.30 bits per heavy atom. The largest absolute Gasteiger partial charge is 0.496 e. The van der Waals surface area contributed by atoms with Gasteiger partial charge in [-0.25, -0.2) is 4.99 Å². The van der Waals surface area contributed by atoms with E-state index in [2.05, 4.69) is 4.99 Å². The number of ether oxygens (including phenoxy) is 1. The molecule has 0 aliphatic carbocycles. The van der Waals surface area contributed by atoms with E-state index in [1.807, 2.05) is 18.9 Å². The van der Waals surface area contributed by atoms with Gasteiger partial charge in [0, 0.05) is 25.2 Å². The summed E-state index contributed by atoms with van der Waals surface area (Å²) in [6.07, 6.45) is -3.71. The summed E-state index contributed by atoms with van der Waals surface area (Å²) in [5.41, 5.74) is -2.23. The van der Waals surface area contributed by atoms with Gasteiger partial charge in [-0.3, -0.25) is 0 Å². The van der Waals surface area contributed by atoms with Gasteiger partial charge >= 0.3 is 6.18 Å². The Kier molecular flexibility index (Phi) is 6.04. The molecule has 0 fully saturated rings. The van der Waals surface area contributed by atoms with Gasteiger partial charge in [0.15, 0.2) is 5.60 Å². The quantitative estimate of drug-likeness (QED) is 0.637. The van der Waals surface area contributed by atoms with Crippen LogP contribution >= 0.6 is 0 Å². The van der Waals surface area contributed by atoms with Crippen LogP contribution in [-0.4, -0.2) is 43.2 Å². The lowest BCUT2D eigenvalue weighted by molar-refractivity contribution is -0.268. The van der Waals surface area contributed by atoms with Gasteiger partial charge in [0.05, 0.1) is 19.1 Å². The second-order valence-corrected chi connectivity index (χ2v) is 5.37. The Hall–Kier alpha value is -1.76. The molecule has 0 saturated carbocycles. The molecule has 1 atom stereocenters. The zero-order valence-electron chi connectivity index (χ0n) is 14.0. The Bertz CT molecular complexity index is 573. The van der Waals surface area contributed by atoms with Crippen LogP contribution in [0, 0.1) is 6.92 Å². The summed E-state index contributed by atoms with van der Waals surface area (Å²) in [5.74, 6) is -0.0384. The van der Waals surface area contributed by atoms with E-state index in [9.17, 15) is 18.3 Å². The summed E-state index contributed by atoms with van der Waals surface area (Å²) in [4.78, 5) is 6.09. The minimum atomic E-state index is -4.80. The Morgan fingerprint density at radius 3 is 2.35 bits per heavy atom. The van der Waals surface area contributed by atoms with Gasteiger partial charge in [-0.05, 0) is 31.9 Å². The van der Waals surface area contributed by atoms with Gasteiger partial charge in [-0.1, -0.05) is 6.92 Å². The third-order valence-electron chi connectivity index (χ3n) is 3.84. The zero-order chi connectivity index (χ0) is 17.8. The molecule has 4 nitrogen and oxygen atoms in total. The number of alkyl halides is 3. The van der Waals surface area contributed by atoms with Crippen LogP contribution in [0.5, 0.6) is 5.75 Å². The maximum Gasteiger partial charge on any atom is 0.421 e. The molecule has 0 amide bonds. The lowest BCUT2D eigenvalue weighted by atomic mass is 9.88. The number of aryl methyl sites for hydroxylation is 1. The van der Waals surface area contributed by atoms with E-state index in [1.165, 1.54) is 26.2 Å². The van der Waals surface area contributed by atoms with Crippen LogP contribution in [0.3, 0.4) is 0 Å². The van der Waals surface area contributed by atoms with Gasteiger partial charge in [0.1, 0.15) is 5.75 Å². The van der Waals surface area contributed by atoms with E-state index in [1.54, 1.807) is 13.3 Å². The second-order valence-electron chi connectivity index (χ2n) is 5.37. The normalized spacial score (nSPS) is 14.8. The van der Waals surface area contributed by atoms with Gasteiger partial charge in [0.25, 0.3) is 0 Å². The van der Waals surface area contributed by atoms with Crippen LogP contribution in [0.4, 0.5) is 18.9 Å². The first-order valence-electron chi connectivity index (χ1n) is 7.33. The number of hydrogen-bond acceptors (Lipinski definition) is 3. The van der Waals surface area contributed by atoms with E-state index in [0.717, 1.165) is 6.54 Å². The van der Waals surface area contributed by atoms with Gasteiger partial charge in [-0.15, -0.1) is 0 Å². The molecule has 0 spiro atoms. The van der Waals surface area contributed by atoms with E-state index >= 15 is 0 Å². The maximum atomic E-state index is 13.3. The van der Waals surface area contributed by atoms with E-state index < -0.39 is 18.2 Å². The van der Waals surface area contributed by atoms with Crippen LogP contribution in [0.2, 0.25) is 0 Å². The molecule has 0 aromatic heterocycles. The van der Waals surface area contributed by atoms with Crippen molar-refractivity contribution in [1.29, 1.82) is 0 Å². The predicted molar refractivity (Wildman–Crippen MR) is 84.4 cm³/mol. The summed E-state index contributed by atoms with van der Waals surface area (Å²) in [6.45, 7) is 5.63. The topological polar surface area (TPSA) is 45.1 Å². The SMILES string of the molecule is CCN(C)C=Nc1cc(OC)c(C(O)(CC)C(F)(F)F)cc1C. The lowest BCUT2D eigenvalue weighted by Crippen LogP contribution is -2.42. The highest BCUT2D eigenvalue weighted by Gasteiger charge is 2.55. The number of benzene rings is 1. The molecule has 23 heavy (non-hydrogen) atoms. The van der Waals surface area contributed by atoms with Crippen molar-refractivity contribution in [3.63, 3.8) is 0 Å². The second kappa shape index (κ2) is 7.21. The van der Waals surface area contributed by atoms with Crippen LogP contribution in [-0.2, 0) is 5.60 Å². The number of aliphatic hydroxyl groups is 1. The number of hydrogen-bond donors (Lipinski definition) is 1. The maximum absolute atomic E-state index is 13.3. The van der Waals surface area contributed by atoms with E-state index in [0.29, 0.717) is 11.3 Å². The molecule has 1 N–H and O–H groups in total. The molecule has 0 aliphatic heterocycles. The molecule has 1 unspecified atom stereocenters. The Morgan fingerprint density at radius 2 is 1.91 bits per heavy atom. The van der Waals surface area contributed by atoms with E-state index in [4.69, 9.17) is 4.74 Å². The Labute approximate surface area is 134 Å². The van der Waals surface area contributed by atoms with Gasteiger partial charge in [0.2, 0.25) is 0 Å². The predicted octanol–water partition coefficient (Wildman–Crippen LogP) is 3.78. The first-order valence-corrected chi connectivity index (χ1v) is 7.33. The average molecular weight is 332 g/mol. The van der Waals surface area contributed by atoms with Crippen LogP contribution in [0.25, 0.3) is 0 Å². The molecule has 1 rings (SSSR count). The van der Waals surface area contributed by atoms with Crippen molar-refractivity contribution >= 4 is 12.0 Å². The molecule has 7 heteroatoms. The standard InChI is InChI=1S/C16H23F3N2O2/c1-6-15(22,16(17,18)19)12-8-11(3)13(9-14(12)23-5)20-10-21(4)7-2/h8-10,22H,6-7H2,1-5H3. The average Bonchev–Trinajstić information content (AvgIpc) is 2.50. The highest BCUT2D eigenvalue weighted by Crippen LogP contribution is 2.46. The van der Waals surface area contributed by atoms with Gasteiger partial charge in [-0.2, -0.15) is 13.2 Å². The molecular formula is C16H23F3N2O2. The summed E-state index contributed by atoms with van der Waals surface area (Å²) in [6, 6.07) is 2.70. The first kappa shape index (κ1) is 19.3. The van der Waals surface area contributed by atoms with Crippen molar-refractivity contribution in [3.8, 4) is 5.75 Å². The van der Waals surface area contributed by atoms with Crippen molar-refractivity contribution in [2.45, 2.75) is 39.0 Å². The lowest BCUT2D eigenvalue weighted by Gasteiger charge is -2.31. The molecule has 0 heterocycles. The molecule has 0 radical (unpaired) electrons. The van der Waals surface area contributed by atoms with E-state index in [-0.39, 0.29) is 11.3 Å². The number of methoxy groups -OCH3 is 1. The summed E-state index contributed by atoms with van der Waals surface area (Å²) in [5, 5.41) is 10.2. The van der Waals surface area contributed by atoms with Crippen molar-refractivity contribution < 1.29 is 23.0 Å². The van der Waals surface area contributed by atoms with Crippen LogP contribution in [0.15, 0.2) is 17.1 Å². The third-order valence-corrected chi connectivity index (χ3v) is 3.84. The number of halogens is 3. The summed E-state index contributed by atoms with van der Waals surface area (Å²) < 4.78 is 45.0. The Balaban J connectivity index is 3.43. The highest BCUT2D eigenvalue weighted by molar-refractivity contribution is 5.65. The van der Waals surface area contributed by atoms with Crippen LogP contribution in [0.1, 0.15) is 31.4 Å². The first-order chi connectivity index (χ1) is 10.6. The minimum absolute atomic E-state index is 0.0384. The number of rotatable bonds is 6. The fraction of sp³-hybridized carbons (Fsp3) is 0.562. The minimum Gasteiger partial charge on any atom is -0.496 e. The molecule has 0 saturated heterocycles. The molecule has 0 bridgehead atoms. The van der Waals surface area contributed by atoms with Crippen molar-refractivity contribution in [1.82, 2.24) is 4.90 Å². The van der Waals surface area contributed by atoms with Crippen molar-refractivity contribution in [2.75, 3.05) is 20.7 Å². The monoisotopic (exact) mass is 332 g/mol. The fourth-order valence-electron chi connectivity index (χ4n) is 2.09. The summed E-state index contributed by atoms with van der Waals surface area (Å²) >= 11 is 0. The molecule has 0 aliphatic rings. The number of nitrogens with zero attached hydrogens (tertiary/aromatic N) is 2. The third kappa shape index (κ3) is 3.96. The van der Waals surface area contributed by atoms with Gasteiger partial charge < -0.3 is 14.7 Å². The van der Waals surface area contributed by atoms with Crippen molar-refractivity contribution in [3.05, 3.63) is 23.3 Å². The molecular weight excluding hydrogens is 309 g/mol. The zero-order valence-corrected chi connectivity index (χ0v) is 14.0. The fourth-order valence-corrected chi connectivity index (χ4v) is 2.09. The van der Waals surface area contributed by atoms with Crippen molar-refractivity contribution in [2.24, 2.45) is 4.99 Å². The smallest absolute Gasteiger partial charge is 0.421 e. The molecule has 130 valence electrons. The van der Waals surface area contributed by atoms with Crippen LogP contribution < -0.4 is 4.74 Å². The molecule has 1 aromatic carbocycles. The number of aliphatic imine (C=N–C) groups is 1. The summed E-state index contributed by atoms with van der Waals surface area (Å²) in [7, 11) is 3.11. The highest BCUT2D eigenvalue weighted by atomic mass is 19.4.